The van der Waals surface area contributed by atoms with Crippen molar-refractivity contribution in [1.29, 1.82) is 0 Å². The van der Waals surface area contributed by atoms with Crippen LogP contribution in [0.15, 0.2) is 6.33 Å². The van der Waals surface area contributed by atoms with Crippen LogP contribution in [0.3, 0.4) is 0 Å². The van der Waals surface area contributed by atoms with Crippen molar-refractivity contribution in [3.05, 3.63) is 12.4 Å². The summed E-state index contributed by atoms with van der Waals surface area (Å²) in [6.45, 7) is 0.185. The van der Waals surface area contributed by atoms with Gasteiger partial charge < -0.3 is 15.6 Å². The van der Waals surface area contributed by atoms with Crippen LogP contribution in [0.4, 0.5) is 10.2 Å². The van der Waals surface area contributed by atoms with Gasteiger partial charge in [-0.3, -0.25) is 4.57 Å². The van der Waals surface area contributed by atoms with Crippen LogP contribution in [-0.2, 0) is 4.74 Å². The maximum absolute atomic E-state index is 13.4. The van der Waals surface area contributed by atoms with Crippen LogP contribution in [0.25, 0.3) is 11.2 Å². The number of nitrogen functional groups attached to an aromatic ring is 1. The van der Waals surface area contributed by atoms with E-state index in [-0.39, 0.29) is 22.9 Å². The minimum absolute atomic E-state index is 0.0731. The SMILES string of the molecule is [2H]C(O)[C@@]1(C#C)O[C@@H](n2cnc3c(N)nc(F)nc32)C[C@@H]1C. The van der Waals surface area contributed by atoms with E-state index in [1.807, 2.05) is 0 Å². The predicted octanol–water partition coefficient (Wildman–Crippen LogP) is 0.467. The molecule has 0 saturated carbocycles. The molecule has 1 saturated heterocycles. The van der Waals surface area contributed by atoms with Crippen LogP contribution >= 0.6 is 0 Å². The second kappa shape index (κ2) is 4.65. The van der Waals surface area contributed by atoms with E-state index < -0.39 is 24.5 Å². The van der Waals surface area contributed by atoms with Gasteiger partial charge in [-0.1, -0.05) is 12.8 Å². The molecule has 0 aliphatic carbocycles. The highest BCUT2D eigenvalue weighted by atomic mass is 19.1. The summed E-state index contributed by atoms with van der Waals surface area (Å²) < 4.78 is 28.1. The molecule has 2 aromatic heterocycles. The minimum atomic E-state index is -1.59. The Kier molecular flexibility index (Phi) is 2.77. The topological polar surface area (TPSA) is 99.1 Å². The van der Waals surface area contributed by atoms with Crippen molar-refractivity contribution in [3.8, 4) is 12.3 Å². The van der Waals surface area contributed by atoms with E-state index in [4.69, 9.17) is 18.3 Å². The van der Waals surface area contributed by atoms with E-state index in [1.54, 1.807) is 6.92 Å². The molecule has 0 bridgehead atoms. The van der Waals surface area contributed by atoms with Gasteiger partial charge in [0.05, 0.1) is 14.3 Å². The monoisotopic (exact) mass is 292 g/mol. The Morgan fingerprint density at radius 3 is 3.14 bits per heavy atom. The fraction of sp³-hybridized carbons (Fsp3) is 0.462. The van der Waals surface area contributed by atoms with Crippen LogP contribution in [0.2, 0.25) is 0 Å². The molecule has 2 aromatic rings. The third-order valence-corrected chi connectivity index (χ3v) is 3.77. The molecule has 1 unspecified atom stereocenters. The second-order valence-corrected chi connectivity index (χ2v) is 4.98. The van der Waals surface area contributed by atoms with Crippen LogP contribution in [0.5, 0.6) is 0 Å². The summed E-state index contributed by atoms with van der Waals surface area (Å²) in [5.41, 5.74) is 4.61. The molecule has 0 radical (unpaired) electrons. The van der Waals surface area contributed by atoms with E-state index in [2.05, 4.69) is 20.9 Å². The fourth-order valence-corrected chi connectivity index (χ4v) is 2.53. The van der Waals surface area contributed by atoms with Gasteiger partial charge in [-0.05, 0) is 6.42 Å². The number of hydrogen-bond donors (Lipinski definition) is 2. The van der Waals surface area contributed by atoms with E-state index in [0.717, 1.165) is 0 Å². The number of ether oxygens (including phenoxy) is 1. The number of aromatic nitrogens is 4. The maximum atomic E-state index is 13.4. The summed E-state index contributed by atoms with van der Waals surface area (Å²) in [5.74, 6) is 2.01. The zero-order valence-corrected chi connectivity index (χ0v) is 11.2. The van der Waals surface area contributed by atoms with Crippen LogP contribution in [-0.4, -0.2) is 36.8 Å². The summed E-state index contributed by atoms with van der Waals surface area (Å²) in [4.78, 5) is 11.1. The van der Waals surface area contributed by atoms with Crippen LogP contribution in [0, 0.1) is 24.3 Å². The van der Waals surface area contributed by atoms with Crippen molar-refractivity contribution >= 4 is 17.0 Å². The molecule has 3 rings (SSSR count). The Morgan fingerprint density at radius 2 is 2.52 bits per heavy atom. The standard InChI is InChI=1S/C13H14FN5O2/c1-3-13(5-20)7(2)4-8(21-13)19-6-16-9-10(15)17-12(14)18-11(9)19/h1,6-8,20H,4-5H2,2H3,(H2,15,17,18)/t7-,8+,13+/m0/s1/i5D/t5?,7-,8+,13+. The zero-order valence-electron chi connectivity index (χ0n) is 12.2. The van der Waals surface area contributed by atoms with Crippen molar-refractivity contribution < 1.29 is 15.6 Å². The Labute approximate surface area is 121 Å². The van der Waals surface area contributed by atoms with Crippen molar-refractivity contribution in [1.82, 2.24) is 19.5 Å². The van der Waals surface area contributed by atoms with Crippen molar-refractivity contribution in [2.45, 2.75) is 25.2 Å². The molecule has 1 aliphatic rings. The zero-order chi connectivity index (χ0) is 16.1. The second-order valence-electron chi connectivity index (χ2n) is 4.98. The number of anilines is 1. The first-order chi connectivity index (χ1) is 10.4. The first-order valence-electron chi connectivity index (χ1n) is 6.88. The number of halogens is 1. The molecule has 3 N–H and O–H groups in total. The molecule has 7 nitrogen and oxygen atoms in total. The summed E-state index contributed by atoms with van der Waals surface area (Å²) >= 11 is 0. The largest absolute Gasteiger partial charge is 0.392 e. The van der Waals surface area contributed by atoms with Gasteiger partial charge in [0.15, 0.2) is 22.6 Å². The van der Waals surface area contributed by atoms with Crippen LogP contribution < -0.4 is 5.73 Å². The van der Waals surface area contributed by atoms with Gasteiger partial charge in [0.1, 0.15) is 6.23 Å². The number of nitrogens with two attached hydrogens (primary N) is 1. The van der Waals surface area contributed by atoms with E-state index in [0.29, 0.717) is 6.42 Å². The highest BCUT2D eigenvalue weighted by Gasteiger charge is 2.46. The van der Waals surface area contributed by atoms with E-state index in [9.17, 15) is 9.50 Å². The molecule has 21 heavy (non-hydrogen) atoms. The molecule has 1 fully saturated rings. The number of aliphatic hydroxyl groups is 1. The van der Waals surface area contributed by atoms with Gasteiger partial charge in [-0.2, -0.15) is 14.4 Å². The fourth-order valence-electron chi connectivity index (χ4n) is 2.53. The number of hydrogen-bond acceptors (Lipinski definition) is 6. The molecular formula is C13H14FN5O2. The lowest BCUT2D eigenvalue weighted by molar-refractivity contribution is -0.0717. The summed E-state index contributed by atoms with van der Waals surface area (Å²) in [5, 5.41) is 9.66. The Balaban J connectivity index is 2.06. The number of nitrogens with zero attached hydrogens (tertiary/aromatic N) is 4. The van der Waals surface area contributed by atoms with Crippen LogP contribution in [0.1, 0.15) is 20.9 Å². The Hall–Kier alpha value is -2.24. The molecule has 0 spiro atoms. The van der Waals surface area contributed by atoms with E-state index in [1.165, 1.54) is 10.9 Å². The van der Waals surface area contributed by atoms with Crippen molar-refractivity contribution in [2.75, 3.05) is 12.3 Å². The lowest BCUT2D eigenvalue weighted by atomic mass is 9.90. The van der Waals surface area contributed by atoms with Crippen molar-refractivity contribution in [2.24, 2.45) is 5.92 Å². The molecule has 1 aliphatic heterocycles. The van der Waals surface area contributed by atoms with Crippen molar-refractivity contribution in [3.63, 3.8) is 0 Å². The smallest absolute Gasteiger partial charge is 0.312 e. The minimum Gasteiger partial charge on any atom is -0.392 e. The number of imidazole rings is 1. The average Bonchev–Trinajstić information content (AvgIpc) is 3.00. The normalized spacial score (nSPS) is 31.0. The summed E-state index contributed by atoms with van der Waals surface area (Å²) in [6.07, 6.45) is 5.66. The molecule has 4 atom stereocenters. The number of aliphatic hydroxyl groups excluding tert-OH is 1. The lowest BCUT2D eigenvalue weighted by Crippen LogP contribution is -2.36. The summed E-state index contributed by atoms with van der Waals surface area (Å²) in [7, 11) is 0. The summed E-state index contributed by atoms with van der Waals surface area (Å²) in [6, 6.07) is 0. The molecule has 3 heterocycles. The molecule has 110 valence electrons. The first-order valence-corrected chi connectivity index (χ1v) is 6.30. The van der Waals surface area contributed by atoms with Gasteiger partial charge in [-0.15, -0.1) is 6.42 Å². The average molecular weight is 292 g/mol. The quantitative estimate of drug-likeness (QED) is 0.616. The highest BCUT2D eigenvalue weighted by molar-refractivity contribution is 5.81. The van der Waals surface area contributed by atoms with Gasteiger partial charge in [-0.25, -0.2) is 4.98 Å². The number of terminal acetylenes is 1. The molecular weight excluding hydrogens is 277 g/mol. The van der Waals surface area contributed by atoms with Gasteiger partial charge in [0.25, 0.3) is 0 Å². The number of fused-ring (bicyclic) bond motifs is 1. The first kappa shape index (κ1) is 12.5. The number of rotatable bonds is 2. The predicted molar refractivity (Wildman–Crippen MR) is 72.2 cm³/mol. The Bertz CT molecular complexity index is 774. The third kappa shape index (κ3) is 1.93. The maximum Gasteiger partial charge on any atom is 0.312 e. The molecule has 0 amide bonds. The lowest BCUT2D eigenvalue weighted by Gasteiger charge is -2.24. The molecule has 0 aromatic carbocycles. The highest BCUT2D eigenvalue weighted by Crippen LogP contribution is 2.41. The third-order valence-electron chi connectivity index (χ3n) is 3.77. The van der Waals surface area contributed by atoms with E-state index >= 15 is 0 Å². The van der Waals surface area contributed by atoms with Gasteiger partial charge in [0, 0.05) is 5.92 Å². The van der Waals surface area contributed by atoms with Gasteiger partial charge in [0.2, 0.25) is 0 Å². The van der Waals surface area contributed by atoms with Gasteiger partial charge >= 0.3 is 6.08 Å². The molecule has 8 heteroatoms. The Morgan fingerprint density at radius 1 is 1.76 bits per heavy atom.